The summed E-state index contributed by atoms with van der Waals surface area (Å²) >= 11 is 0. The maximum Gasteiger partial charge on any atom is 0.303 e. The Balaban J connectivity index is 1.66. The Morgan fingerprint density at radius 3 is 2.77 bits per heavy atom. The van der Waals surface area contributed by atoms with E-state index in [-0.39, 0.29) is 36.9 Å². The Morgan fingerprint density at radius 2 is 2.03 bits per heavy atom. The van der Waals surface area contributed by atoms with Gasteiger partial charge < -0.3 is 24.6 Å². The number of aliphatic hydroxyl groups excluding tert-OH is 1. The van der Waals surface area contributed by atoms with Crippen LogP contribution in [0, 0.1) is 11.3 Å². The number of nitrogens with zero attached hydrogens (tertiary/aromatic N) is 2. The Hall–Kier alpha value is -2.16. The highest BCUT2D eigenvalue weighted by Gasteiger charge is 2.52. The van der Waals surface area contributed by atoms with E-state index in [1.165, 1.54) is 0 Å². The highest BCUT2D eigenvalue weighted by Crippen LogP contribution is 2.46. The van der Waals surface area contributed by atoms with Crippen LogP contribution in [0.1, 0.15) is 24.8 Å². The van der Waals surface area contributed by atoms with E-state index in [2.05, 4.69) is 4.90 Å². The fourth-order valence-electron chi connectivity index (χ4n) is 4.82. The van der Waals surface area contributed by atoms with Crippen LogP contribution in [0.15, 0.2) is 24.3 Å². The largest absolute Gasteiger partial charge is 0.491 e. The molecule has 0 unspecified atom stereocenters. The molecule has 0 spiro atoms. The first-order valence-electron chi connectivity index (χ1n) is 10.5. The first kappa shape index (κ1) is 22.5. The molecule has 166 valence electrons. The predicted octanol–water partition coefficient (Wildman–Crippen LogP) is 1.22. The lowest BCUT2D eigenvalue weighted by Gasteiger charge is -2.29. The van der Waals surface area contributed by atoms with Crippen molar-refractivity contribution in [1.29, 1.82) is 0 Å². The zero-order chi connectivity index (χ0) is 21.6. The third-order valence-corrected chi connectivity index (χ3v) is 6.20. The van der Waals surface area contributed by atoms with Gasteiger partial charge in [-0.2, -0.15) is 0 Å². The van der Waals surface area contributed by atoms with Crippen LogP contribution in [-0.2, 0) is 20.9 Å². The number of carboxylic acids is 1. The summed E-state index contributed by atoms with van der Waals surface area (Å²) in [6, 6.07) is 7.84. The van der Waals surface area contributed by atoms with Crippen molar-refractivity contribution in [2.24, 2.45) is 11.3 Å². The van der Waals surface area contributed by atoms with E-state index in [0.717, 1.165) is 30.9 Å². The first-order chi connectivity index (χ1) is 14.5. The van der Waals surface area contributed by atoms with Crippen molar-refractivity contribution < 1.29 is 29.3 Å². The van der Waals surface area contributed by atoms with Crippen LogP contribution in [0.4, 0.5) is 0 Å². The first-order valence-corrected chi connectivity index (χ1v) is 10.5. The fourth-order valence-corrected chi connectivity index (χ4v) is 4.82. The van der Waals surface area contributed by atoms with Crippen LogP contribution in [-0.4, -0.2) is 85.0 Å². The van der Waals surface area contributed by atoms with Gasteiger partial charge in [0.05, 0.1) is 19.6 Å². The van der Waals surface area contributed by atoms with Crippen molar-refractivity contribution in [2.45, 2.75) is 25.8 Å². The number of ether oxygens (including phenoxy) is 2. The summed E-state index contributed by atoms with van der Waals surface area (Å²) < 4.78 is 10.5. The van der Waals surface area contributed by atoms with Crippen LogP contribution in [0.5, 0.6) is 5.75 Å². The number of rotatable bonds is 11. The van der Waals surface area contributed by atoms with Crippen molar-refractivity contribution in [3.8, 4) is 5.75 Å². The molecule has 8 nitrogen and oxygen atoms in total. The molecule has 2 atom stereocenters. The molecule has 3 rings (SSSR count). The number of amides is 1. The average Bonchev–Trinajstić information content (AvgIpc) is 3.23. The quantitative estimate of drug-likeness (QED) is 0.555. The molecule has 0 bridgehead atoms. The molecule has 30 heavy (non-hydrogen) atoms. The Morgan fingerprint density at radius 1 is 1.20 bits per heavy atom. The highest BCUT2D eigenvalue weighted by molar-refractivity contribution is 5.76. The molecule has 8 heteroatoms. The molecule has 1 aromatic rings. The number of carbonyl (C=O) groups excluding carboxylic acids is 1. The maximum absolute atomic E-state index is 12.5. The maximum atomic E-state index is 12.5. The Labute approximate surface area is 177 Å². The van der Waals surface area contributed by atoms with Gasteiger partial charge in [-0.25, -0.2) is 0 Å². The molecular weight excluding hydrogens is 388 g/mol. The molecule has 0 aliphatic carbocycles. The Bertz CT molecular complexity index is 742. The van der Waals surface area contributed by atoms with Gasteiger partial charge in [0, 0.05) is 51.7 Å². The molecule has 2 saturated heterocycles. The normalized spacial score (nSPS) is 23.5. The number of likely N-dealkylation sites (tertiary alicyclic amines) is 2. The van der Waals surface area contributed by atoms with Crippen molar-refractivity contribution in [3.05, 3.63) is 29.8 Å². The molecule has 0 saturated carbocycles. The third kappa shape index (κ3) is 5.50. The van der Waals surface area contributed by atoms with Crippen LogP contribution in [0.3, 0.4) is 0 Å². The molecule has 1 amide bonds. The summed E-state index contributed by atoms with van der Waals surface area (Å²) in [5.74, 6) is 0.300. The topological polar surface area (TPSA) is 99.5 Å². The molecule has 2 heterocycles. The van der Waals surface area contributed by atoms with Gasteiger partial charge in [-0.1, -0.05) is 12.1 Å². The minimum atomic E-state index is -0.792. The standard InChI is InChI=1S/C22H32N2O6/c1-29-9-6-20(26)24-14-18-13-23(15-22(18,16-24)7-5-21(27)28)12-17-3-2-4-19(11-17)30-10-8-25/h2-4,11,18,25H,5-10,12-16H2,1H3,(H,27,28)/t18-,22+/m0/s1. The summed E-state index contributed by atoms with van der Waals surface area (Å²) in [6.45, 7) is 4.31. The van der Waals surface area contributed by atoms with Crippen LogP contribution in [0.2, 0.25) is 0 Å². The predicted molar refractivity (Wildman–Crippen MR) is 110 cm³/mol. The Kier molecular flexibility index (Phi) is 7.69. The summed E-state index contributed by atoms with van der Waals surface area (Å²) in [5.41, 5.74) is 0.943. The van der Waals surface area contributed by atoms with Crippen molar-refractivity contribution >= 4 is 11.9 Å². The number of hydrogen-bond acceptors (Lipinski definition) is 6. The molecular formula is C22H32N2O6. The van der Waals surface area contributed by atoms with E-state index in [1.54, 1.807) is 7.11 Å². The number of carboxylic acid groups (broad SMARTS) is 1. The molecule has 0 radical (unpaired) electrons. The number of methoxy groups -OCH3 is 1. The van der Waals surface area contributed by atoms with Crippen LogP contribution < -0.4 is 4.74 Å². The zero-order valence-corrected chi connectivity index (χ0v) is 17.6. The molecule has 2 fully saturated rings. The van der Waals surface area contributed by atoms with Crippen molar-refractivity contribution in [2.75, 3.05) is 53.1 Å². The second-order valence-corrected chi connectivity index (χ2v) is 8.36. The summed E-state index contributed by atoms with van der Waals surface area (Å²) in [6.07, 6.45) is 1.06. The number of carbonyl (C=O) groups is 2. The minimum Gasteiger partial charge on any atom is -0.491 e. The number of hydrogen-bond donors (Lipinski definition) is 2. The highest BCUT2D eigenvalue weighted by atomic mass is 16.5. The average molecular weight is 421 g/mol. The van der Waals surface area contributed by atoms with Crippen LogP contribution in [0.25, 0.3) is 0 Å². The smallest absolute Gasteiger partial charge is 0.303 e. The molecule has 2 aliphatic rings. The number of aliphatic hydroxyl groups is 1. The second-order valence-electron chi connectivity index (χ2n) is 8.36. The molecule has 2 N–H and O–H groups in total. The number of aliphatic carboxylic acids is 1. The minimum absolute atomic E-state index is 0.0241. The van der Waals surface area contributed by atoms with Gasteiger partial charge in [-0.15, -0.1) is 0 Å². The SMILES string of the molecule is COCCC(=O)N1C[C@@H]2CN(Cc3cccc(OCCO)c3)C[C@]2(CCC(=O)O)C1. The third-order valence-electron chi connectivity index (χ3n) is 6.20. The monoisotopic (exact) mass is 420 g/mol. The molecule has 1 aromatic carbocycles. The van der Waals surface area contributed by atoms with E-state index in [9.17, 15) is 14.7 Å². The van der Waals surface area contributed by atoms with Gasteiger partial charge in [0.1, 0.15) is 12.4 Å². The number of fused-ring (bicyclic) bond motifs is 1. The van der Waals surface area contributed by atoms with Gasteiger partial charge in [-0.3, -0.25) is 14.5 Å². The number of benzene rings is 1. The summed E-state index contributed by atoms with van der Waals surface area (Å²) in [5, 5.41) is 18.2. The van der Waals surface area contributed by atoms with E-state index >= 15 is 0 Å². The van der Waals surface area contributed by atoms with E-state index in [4.69, 9.17) is 14.6 Å². The van der Waals surface area contributed by atoms with Crippen molar-refractivity contribution in [1.82, 2.24) is 9.80 Å². The van der Waals surface area contributed by atoms with E-state index < -0.39 is 5.97 Å². The lowest BCUT2D eigenvalue weighted by Crippen LogP contribution is -2.37. The second kappa shape index (κ2) is 10.2. The van der Waals surface area contributed by atoms with Gasteiger partial charge in [-0.05, 0) is 30.0 Å². The summed E-state index contributed by atoms with van der Waals surface area (Å²) in [4.78, 5) is 28.0. The van der Waals surface area contributed by atoms with Crippen molar-refractivity contribution in [3.63, 3.8) is 0 Å². The lowest BCUT2D eigenvalue weighted by atomic mass is 9.77. The van der Waals surface area contributed by atoms with E-state index in [0.29, 0.717) is 32.5 Å². The van der Waals surface area contributed by atoms with Gasteiger partial charge in [0.15, 0.2) is 0 Å². The van der Waals surface area contributed by atoms with Crippen LogP contribution >= 0.6 is 0 Å². The summed E-state index contributed by atoms with van der Waals surface area (Å²) in [7, 11) is 1.59. The van der Waals surface area contributed by atoms with Gasteiger partial charge in [0.2, 0.25) is 5.91 Å². The molecule has 2 aliphatic heterocycles. The molecule has 0 aromatic heterocycles. The lowest BCUT2D eigenvalue weighted by molar-refractivity contribution is -0.137. The fraction of sp³-hybridized carbons (Fsp3) is 0.636. The van der Waals surface area contributed by atoms with Gasteiger partial charge >= 0.3 is 5.97 Å². The zero-order valence-electron chi connectivity index (χ0n) is 17.6. The van der Waals surface area contributed by atoms with Gasteiger partial charge in [0.25, 0.3) is 0 Å². The van der Waals surface area contributed by atoms with E-state index in [1.807, 2.05) is 29.2 Å².